The molecule has 1 atom stereocenters. The minimum absolute atomic E-state index is 0.0526. The van der Waals surface area contributed by atoms with Gasteiger partial charge in [-0.2, -0.15) is 0 Å². The molecule has 18 heavy (non-hydrogen) atoms. The Balaban J connectivity index is 2.13. The van der Waals surface area contributed by atoms with Crippen LogP contribution in [-0.2, 0) is 0 Å². The van der Waals surface area contributed by atoms with E-state index in [1.165, 1.54) is 0 Å². The van der Waals surface area contributed by atoms with E-state index < -0.39 is 0 Å². The van der Waals surface area contributed by atoms with Crippen molar-refractivity contribution in [1.29, 1.82) is 0 Å². The Morgan fingerprint density at radius 1 is 1.61 bits per heavy atom. The summed E-state index contributed by atoms with van der Waals surface area (Å²) in [5.74, 6) is 0.0342. The number of nitrogens with zero attached hydrogens (tertiary/aromatic N) is 1. The quantitative estimate of drug-likeness (QED) is 0.734. The highest BCUT2D eigenvalue weighted by molar-refractivity contribution is 5.94. The fourth-order valence-electron chi connectivity index (χ4n) is 2.00. The Morgan fingerprint density at radius 3 is 2.78 bits per heavy atom. The van der Waals surface area contributed by atoms with Gasteiger partial charge in [-0.05, 0) is 24.8 Å². The van der Waals surface area contributed by atoms with Gasteiger partial charge in [0.1, 0.15) is 5.69 Å². The first-order chi connectivity index (χ1) is 8.52. The Bertz CT molecular complexity index is 435. The maximum absolute atomic E-state index is 12.2. The van der Waals surface area contributed by atoms with E-state index in [0.29, 0.717) is 17.4 Å². The van der Waals surface area contributed by atoms with E-state index in [2.05, 4.69) is 5.32 Å². The summed E-state index contributed by atoms with van der Waals surface area (Å²) >= 11 is 0. The summed E-state index contributed by atoms with van der Waals surface area (Å²) in [6.07, 6.45) is 4.01. The van der Waals surface area contributed by atoms with Crippen LogP contribution < -0.4 is 11.1 Å². The molecule has 0 saturated heterocycles. The second-order valence-corrected chi connectivity index (χ2v) is 5.30. The highest BCUT2D eigenvalue weighted by Crippen LogP contribution is 2.37. The van der Waals surface area contributed by atoms with Crippen molar-refractivity contribution >= 4 is 11.6 Å². The highest BCUT2D eigenvalue weighted by atomic mass is 16.3. The number of hydrogen-bond donors (Lipinski definition) is 3. The van der Waals surface area contributed by atoms with Crippen LogP contribution in [0.1, 0.15) is 43.2 Å². The number of rotatable bonds is 5. The van der Waals surface area contributed by atoms with Crippen molar-refractivity contribution in [2.24, 2.45) is 5.92 Å². The summed E-state index contributed by atoms with van der Waals surface area (Å²) in [6.45, 7) is 3.88. The number of carbonyl (C=O) groups excluding carboxylic acids is 1. The van der Waals surface area contributed by atoms with Gasteiger partial charge >= 0.3 is 0 Å². The van der Waals surface area contributed by atoms with Gasteiger partial charge in [-0.1, -0.05) is 13.8 Å². The molecule has 5 nitrogen and oxygen atoms in total. The summed E-state index contributed by atoms with van der Waals surface area (Å²) in [6, 6.07) is 1.89. The van der Waals surface area contributed by atoms with Crippen LogP contribution >= 0.6 is 0 Å². The van der Waals surface area contributed by atoms with Crippen molar-refractivity contribution < 1.29 is 9.90 Å². The van der Waals surface area contributed by atoms with Gasteiger partial charge in [0.25, 0.3) is 5.91 Å². The lowest BCUT2D eigenvalue weighted by atomic mass is 10.1. The van der Waals surface area contributed by atoms with Crippen LogP contribution in [0.15, 0.2) is 12.3 Å². The van der Waals surface area contributed by atoms with Crippen molar-refractivity contribution in [1.82, 2.24) is 9.88 Å². The fourth-order valence-corrected chi connectivity index (χ4v) is 2.00. The first-order valence-corrected chi connectivity index (χ1v) is 6.42. The van der Waals surface area contributed by atoms with Crippen molar-refractivity contribution in [3.8, 4) is 0 Å². The zero-order valence-corrected chi connectivity index (χ0v) is 10.9. The second-order valence-electron chi connectivity index (χ2n) is 5.30. The van der Waals surface area contributed by atoms with Gasteiger partial charge in [0.15, 0.2) is 0 Å². The molecule has 1 saturated carbocycles. The molecule has 1 fully saturated rings. The van der Waals surface area contributed by atoms with Crippen molar-refractivity contribution in [2.75, 3.05) is 12.3 Å². The Labute approximate surface area is 107 Å². The topological polar surface area (TPSA) is 80.3 Å². The van der Waals surface area contributed by atoms with Crippen LogP contribution in [0.4, 0.5) is 5.69 Å². The van der Waals surface area contributed by atoms with Crippen LogP contribution in [0, 0.1) is 5.92 Å². The van der Waals surface area contributed by atoms with Crippen LogP contribution in [0.3, 0.4) is 0 Å². The largest absolute Gasteiger partial charge is 0.397 e. The van der Waals surface area contributed by atoms with Gasteiger partial charge in [-0.3, -0.25) is 4.79 Å². The number of nitrogens with two attached hydrogens (primary N) is 1. The summed E-state index contributed by atoms with van der Waals surface area (Å²) in [5.41, 5.74) is 6.96. The molecule has 0 radical (unpaired) electrons. The van der Waals surface area contributed by atoms with Crippen LogP contribution in [-0.4, -0.2) is 28.2 Å². The number of nitrogen functional groups attached to an aromatic ring is 1. The maximum Gasteiger partial charge on any atom is 0.268 e. The molecule has 0 bridgehead atoms. The molecule has 100 valence electrons. The smallest absolute Gasteiger partial charge is 0.268 e. The van der Waals surface area contributed by atoms with E-state index in [4.69, 9.17) is 5.73 Å². The standard InChI is InChI=1S/C13H21N3O2/c1-8(2)11(7-17)15-13(18)12-5-9(14)6-16(12)10-3-4-10/h5-6,8,10-11,17H,3-4,7,14H2,1-2H3,(H,15,18). The number of hydrogen-bond acceptors (Lipinski definition) is 3. The van der Waals surface area contributed by atoms with Gasteiger partial charge < -0.3 is 20.7 Å². The van der Waals surface area contributed by atoms with Crippen molar-refractivity contribution in [3.05, 3.63) is 18.0 Å². The monoisotopic (exact) mass is 251 g/mol. The lowest BCUT2D eigenvalue weighted by Crippen LogP contribution is -2.41. The van der Waals surface area contributed by atoms with Gasteiger partial charge in [0, 0.05) is 12.2 Å². The number of aromatic nitrogens is 1. The molecule has 4 N–H and O–H groups in total. The van der Waals surface area contributed by atoms with Gasteiger partial charge in [0.05, 0.1) is 18.3 Å². The molecule has 0 aromatic carbocycles. The van der Waals surface area contributed by atoms with E-state index in [1.807, 2.05) is 24.6 Å². The van der Waals surface area contributed by atoms with E-state index in [1.54, 1.807) is 6.07 Å². The maximum atomic E-state index is 12.2. The minimum Gasteiger partial charge on any atom is -0.397 e. The molecule has 1 aliphatic rings. The van der Waals surface area contributed by atoms with Crippen molar-refractivity contribution in [3.63, 3.8) is 0 Å². The molecule has 0 spiro atoms. The van der Waals surface area contributed by atoms with Crippen LogP contribution in [0.2, 0.25) is 0 Å². The average molecular weight is 251 g/mol. The Hall–Kier alpha value is -1.49. The number of aliphatic hydroxyl groups is 1. The zero-order chi connectivity index (χ0) is 13.3. The number of nitrogens with one attached hydrogen (secondary N) is 1. The SMILES string of the molecule is CC(C)C(CO)NC(=O)c1cc(N)cn1C1CC1. The van der Waals surface area contributed by atoms with E-state index >= 15 is 0 Å². The number of carbonyl (C=O) groups is 1. The molecule has 1 unspecified atom stereocenters. The number of anilines is 1. The lowest BCUT2D eigenvalue weighted by molar-refractivity contribution is 0.0887. The van der Waals surface area contributed by atoms with Crippen LogP contribution in [0.25, 0.3) is 0 Å². The fraction of sp³-hybridized carbons (Fsp3) is 0.615. The molecule has 0 aliphatic heterocycles. The molecular weight excluding hydrogens is 230 g/mol. The molecule has 1 aliphatic carbocycles. The van der Waals surface area contributed by atoms with Crippen molar-refractivity contribution in [2.45, 2.75) is 38.8 Å². The van der Waals surface area contributed by atoms with Crippen LogP contribution in [0.5, 0.6) is 0 Å². The predicted octanol–water partition coefficient (Wildman–Crippen LogP) is 1.15. The first-order valence-electron chi connectivity index (χ1n) is 6.42. The average Bonchev–Trinajstić information content (AvgIpc) is 3.08. The van der Waals surface area contributed by atoms with Gasteiger partial charge in [-0.25, -0.2) is 0 Å². The number of aliphatic hydroxyl groups excluding tert-OH is 1. The third-order valence-corrected chi connectivity index (χ3v) is 3.36. The van der Waals surface area contributed by atoms with E-state index in [-0.39, 0.29) is 24.5 Å². The lowest BCUT2D eigenvalue weighted by Gasteiger charge is -2.20. The molecule has 5 heteroatoms. The summed E-state index contributed by atoms with van der Waals surface area (Å²) in [4.78, 5) is 12.2. The summed E-state index contributed by atoms with van der Waals surface area (Å²) < 4.78 is 1.94. The summed E-state index contributed by atoms with van der Waals surface area (Å²) in [7, 11) is 0. The van der Waals surface area contributed by atoms with E-state index in [9.17, 15) is 9.90 Å². The second kappa shape index (κ2) is 5.02. The van der Waals surface area contributed by atoms with Gasteiger partial charge in [-0.15, -0.1) is 0 Å². The molecule has 1 aromatic heterocycles. The Morgan fingerprint density at radius 2 is 2.28 bits per heavy atom. The molecule has 2 rings (SSSR count). The minimum atomic E-state index is -0.221. The number of amides is 1. The van der Waals surface area contributed by atoms with Gasteiger partial charge in [0.2, 0.25) is 0 Å². The zero-order valence-electron chi connectivity index (χ0n) is 10.9. The predicted molar refractivity (Wildman–Crippen MR) is 70.3 cm³/mol. The molecule has 1 heterocycles. The molecule has 1 amide bonds. The van der Waals surface area contributed by atoms with E-state index in [0.717, 1.165) is 12.8 Å². The normalized spacial score (nSPS) is 16.9. The molecule has 1 aromatic rings. The third-order valence-electron chi connectivity index (χ3n) is 3.36. The Kier molecular flexibility index (Phi) is 3.61. The highest BCUT2D eigenvalue weighted by Gasteiger charge is 2.28. The first kappa shape index (κ1) is 13.0. The summed E-state index contributed by atoms with van der Waals surface area (Å²) in [5, 5.41) is 12.1. The third kappa shape index (κ3) is 2.67. The molecular formula is C13H21N3O2.